The Bertz CT molecular complexity index is 1350. The van der Waals surface area contributed by atoms with Crippen molar-refractivity contribution in [3.8, 4) is 0 Å². The summed E-state index contributed by atoms with van der Waals surface area (Å²) in [6.45, 7) is 25.3. The van der Waals surface area contributed by atoms with Crippen molar-refractivity contribution in [1.29, 1.82) is 0 Å². The molecule has 1 amide bonds. The Morgan fingerprint density at radius 3 is 2.19 bits per heavy atom. The van der Waals surface area contributed by atoms with Gasteiger partial charge < -0.3 is 20.9 Å². The van der Waals surface area contributed by atoms with Gasteiger partial charge in [0.25, 0.3) is 0 Å². The van der Waals surface area contributed by atoms with E-state index in [1.165, 1.54) is 31.3 Å². The van der Waals surface area contributed by atoms with Crippen LogP contribution in [0.15, 0.2) is 12.2 Å². The zero-order chi connectivity index (χ0) is 38.5. The second kappa shape index (κ2) is 15.0. The average molecular weight is 725 g/mol. The zero-order valence-electron chi connectivity index (χ0n) is 34.6. The van der Waals surface area contributed by atoms with Crippen LogP contribution in [-0.4, -0.2) is 41.1 Å². The van der Waals surface area contributed by atoms with Gasteiger partial charge in [-0.25, -0.2) is 0 Å². The van der Waals surface area contributed by atoms with Gasteiger partial charge in [0, 0.05) is 23.9 Å². The second-order valence-corrected chi connectivity index (χ2v) is 21.2. The number of hydrogen-bond donors (Lipinski definition) is 3. The minimum absolute atomic E-state index is 0.0504. The fourth-order valence-electron chi connectivity index (χ4n) is 13.8. The van der Waals surface area contributed by atoms with Gasteiger partial charge in [-0.1, -0.05) is 74.0 Å². The topological polar surface area (TPSA) is 119 Å². The summed E-state index contributed by atoms with van der Waals surface area (Å²) in [6.07, 6.45) is 16.9. The molecule has 0 spiro atoms. The monoisotopic (exact) mass is 725 g/mol. The SMILES string of the molecule is C=C(C)[C@@H]1CC[C@]2(CC(=O)NC3CCC(N)CC3)CC[C@@](C)([C@]3(C)CC[C@H]4C(C)(C)[C@@H](OC(=O)CC(C)(C)CC(=O)O)CC[C@]4(C)[C@H]3CCC)C[C@@H]12. The van der Waals surface area contributed by atoms with E-state index in [1.807, 2.05) is 13.8 Å². The predicted molar refractivity (Wildman–Crippen MR) is 209 cm³/mol. The molecule has 7 heteroatoms. The molecule has 0 saturated heterocycles. The van der Waals surface area contributed by atoms with E-state index in [-0.39, 0.29) is 70.0 Å². The highest BCUT2D eigenvalue weighted by molar-refractivity contribution is 5.77. The first-order valence-corrected chi connectivity index (χ1v) is 21.2. The number of esters is 1. The van der Waals surface area contributed by atoms with Crippen LogP contribution in [0.1, 0.15) is 178 Å². The summed E-state index contributed by atoms with van der Waals surface area (Å²) in [4.78, 5) is 38.5. The number of nitrogens with one attached hydrogen (secondary N) is 1. The molecule has 0 aromatic rings. The maximum atomic E-state index is 13.8. The van der Waals surface area contributed by atoms with Crippen molar-refractivity contribution in [3.63, 3.8) is 0 Å². The van der Waals surface area contributed by atoms with E-state index in [1.54, 1.807) is 0 Å². The molecule has 0 unspecified atom stereocenters. The maximum absolute atomic E-state index is 13.8. The number of aliphatic carboxylic acids is 1. The molecule has 9 atom stereocenters. The smallest absolute Gasteiger partial charge is 0.306 e. The zero-order valence-corrected chi connectivity index (χ0v) is 34.6. The van der Waals surface area contributed by atoms with Crippen LogP contribution in [0.3, 0.4) is 0 Å². The van der Waals surface area contributed by atoms with Gasteiger partial charge in [0.05, 0.1) is 12.8 Å². The third-order valence-corrected chi connectivity index (χ3v) is 16.8. The molecule has 5 saturated carbocycles. The third-order valence-electron chi connectivity index (χ3n) is 16.8. The van der Waals surface area contributed by atoms with Crippen LogP contribution in [0.5, 0.6) is 0 Å². The van der Waals surface area contributed by atoms with E-state index < -0.39 is 11.4 Å². The Hall–Kier alpha value is -1.89. The number of ether oxygens (including phenoxy) is 1. The van der Waals surface area contributed by atoms with Crippen LogP contribution in [0.4, 0.5) is 0 Å². The maximum Gasteiger partial charge on any atom is 0.306 e. The molecule has 0 aromatic carbocycles. The molecular weight excluding hydrogens is 649 g/mol. The number of carbonyl (C=O) groups excluding carboxylic acids is 2. The fourth-order valence-corrected chi connectivity index (χ4v) is 13.8. The van der Waals surface area contributed by atoms with Crippen molar-refractivity contribution in [1.82, 2.24) is 5.32 Å². The number of allylic oxidation sites excluding steroid dienone is 1. The van der Waals surface area contributed by atoms with Gasteiger partial charge in [-0.05, 0) is 148 Å². The van der Waals surface area contributed by atoms with E-state index in [0.717, 1.165) is 70.6 Å². The minimum atomic E-state index is -0.884. The van der Waals surface area contributed by atoms with Crippen molar-refractivity contribution in [2.24, 2.45) is 61.9 Å². The number of nitrogens with two attached hydrogens (primary N) is 1. The number of carboxylic acids is 1. The molecule has 0 aliphatic heterocycles. The summed E-state index contributed by atoms with van der Waals surface area (Å²) in [5.41, 5.74) is 7.15. The Morgan fingerprint density at radius 2 is 1.58 bits per heavy atom. The molecular formula is C45H76N2O5. The largest absolute Gasteiger partial charge is 0.481 e. The fraction of sp³-hybridized carbons (Fsp3) is 0.889. The van der Waals surface area contributed by atoms with E-state index in [0.29, 0.717) is 30.1 Å². The first-order chi connectivity index (χ1) is 24.1. The van der Waals surface area contributed by atoms with Crippen LogP contribution >= 0.6 is 0 Å². The van der Waals surface area contributed by atoms with Gasteiger partial charge in [0.1, 0.15) is 6.10 Å². The molecule has 4 N–H and O–H groups in total. The lowest BCUT2D eigenvalue weighted by Crippen LogP contribution is -2.63. The Balaban J connectivity index is 1.36. The molecule has 5 rings (SSSR count). The van der Waals surface area contributed by atoms with Crippen molar-refractivity contribution in [2.45, 2.75) is 196 Å². The van der Waals surface area contributed by atoms with Crippen LogP contribution in [0, 0.1) is 56.2 Å². The number of rotatable bonds is 12. The summed E-state index contributed by atoms with van der Waals surface area (Å²) in [7, 11) is 0. The highest BCUT2D eigenvalue weighted by Gasteiger charge is 2.66. The molecule has 0 radical (unpaired) electrons. The van der Waals surface area contributed by atoms with Gasteiger partial charge >= 0.3 is 11.9 Å². The van der Waals surface area contributed by atoms with E-state index >= 15 is 0 Å². The summed E-state index contributed by atoms with van der Waals surface area (Å²) < 4.78 is 6.30. The standard InChI is InChI=1S/C45H76N2O5/c1-11-12-35-43(9)20-19-36(52-39(51)28-40(4,5)27-38(49)50)41(6,7)34(43)18-21-44(35,10)42(8)23-24-45(22-17-32(29(2)3)33(45)25-42)26-37(48)47-31-15-13-30(46)14-16-31/h30-36H,2,11-28,46H2,1,3-10H3,(H,47,48)(H,49,50)/t30?,31?,32-,33-,34-,35+,36-,42+,43-,44+,45+/m0/s1. The van der Waals surface area contributed by atoms with Gasteiger partial charge in [-0.3, -0.25) is 14.4 Å². The number of hydrogen-bond acceptors (Lipinski definition) is 5. The molecule has 5 aliphatic rings. The quantitative estimate of drug-likeness (QED) is 0.136. The minimum Gasteiger partial charge on any atom is -0.481 e. The van der Waals surface area contributed by atoms with Crippen molar-refractivity contribution in [3.05, 3.63) is 12.2 Å². The van der Waals surface area contributed by atoms with Crippen LogP contribution in [0.25, 0.3) is 0 Å². The third kappa shape index (κ3) is 7.79. The van der Waals surface area contributed by atoms with Crippen molar-refractivity contribution in [2.75, 3.05) is 0 Å². The van der Waals surface area contributed by atoms with Gasteiger partial charge in [0.15, 0.2) is 0 Å². The first-order valence-electron chi connectivity index (χ1n) is 21.2. The van der Waals surface area contributed by atoms with Crippen LogP contribution < -0.4 is 11.1 Å². The highest BCUT2D eigenvalue weighted by atomic mass is 16.5. The summed E-state index contributed by atoms with van der Waals surface area (Å²) in [5.74, 6) is 1.05. The number of fused-ring (bicyclic) bond motifs is 2. The number of carboxylic acid groups (broad SMARTS) is 1. The molecule has 296 valence electrons. The second-order valence-electron chi connectivity index (χ2n) is 21.2. The molecule has 7 nitrogen and oxygen atoms in total. The number of carbonyl (C=O) groups is 3. The normalized spacial score (nSPS) is 41.7. The van der Waals surface area contributed by atoms with E-state index in [9.17, 15) is 19.5 Å². The lowest BCUT2D eigenvalue weighted by Gasteiger charge is -2.69. The Labute approximate surface area is 316 Å². The average Bonchev–Trinajstić information content (AvgIpc) is 3.38. The Kier molecular flexibility index (Phi) is 11.9. The summed E-state index contributed by atoms with van der Waals surface area (Å²) in [6, 6.07) is 0.548. The van der Waals surface area contributed by atoms with Crippen LogP contribution in [0.2, 0.25) is 0 Å². The summed E-state index contributed by atoms with van der Waals surface area (Å²) >= 11 is 0. The molecule has 0 heterocycles. The van der Waals surface area contributed by atoms with Crippen LogP contribution in [-0.2, 0) is 19.1 Å². The molecule has 52 heavy (non-hydrogen) atoms. The van der Waals surface area contributed by atoms with Crippen molar-refractivity contribution < 1.29 is 24.2 Å². The van der Waals surface area contributed by atoms with Crippen molar-refractivity contribution >= 4 is 17.8 Å². The molecule has 5 aliphatic carbocycles. The van der Waals surface area contributed by atoms with Gasteiger partial charge in [-0.2, -0.15) is 0 Å². The first kappa shape index (κ1) is 41.3. The van der Waals surface area contributed by atoms with E-state index in [2.05, 4.69) is 60.4 Å². The lowest BCUT2D eigenvalue weighted by atomic mass is 9.36. The lowest BCUT2D eigenvalue weighted by molar-refractivity contribution is -0.219. The Morgan fingerprint density at radius 1 is 0.904 bits per heavy atom. The highest BCUT2D eigenvalue weighted by Crippen LogP contribution is 2.73. The van der Waals surface area contributed by atoms with Gasteiger partial charge in [0.2, 0.25) is 5.91 Å². The molecule has 5 fully saturated rings. The summed E-state index contributed by atoms with van der Waals surface area (Å²) in [5, 5.41) is 12.8. The predicted octanol–water partition coefficient (Wildman–Crippen LogP) is 10.0. The van der Waals surface area contributed by atoms with E-state index in [4.69, 9.17) is 10.5 Å². The molecule has 0 aromatic heterocycles. The van der Waals surface area contributed by atoms with Gasteiger partial charge in [-0.15, -0.1) is 0 Å². The number of amides is 1. The molecule has 0 bridgehead atoms.